The van der Waals surface area contributed by atoms with Gasteiger partial charge in [-0.15, -0.1) is 0 Å². The van der Waals surface area contributed by atoms with E-state index in [0.717, 1.165) is 28.2 Å². The molecule has 0 aliphatic carbocycles. The molecular weight excluding hydrogens is 496 g/mol. The molecule has 0 spiro atoms. The summed E-state index contributed by atoms with van der Waals surface area (Å²) in [7, 11) is 3.26. The highest BCUT2D eigenvalue weighted by Gasteiger charge is 2.45. The fourth-order valence-electron chi connectivity index (χ4n) is 5.50. The largest absolute Gasteiger partial charge is 0.497 e. The number of aromatic amines is 1. The van der Waals surface area contributed by atoms with Crippen LogP contribution in [0.4, 0.5) is 0 Å². The zero-order chi connectivity index (χ0) is 27.6. The predicted octanol–water partition coefficient (Wildman–Crippen LogP) is 3.94. The molecule has 2 heterocycles. The van der Waals surface area contributed by atoms with E-state index in [-0.39, 0.29) is 6.42 Å². The number of methoxy groups -OCH3 is 2. The molecule has 1 fully saturated rings. The van der Waals surface area contributed by atoms with Gasteiger partial charge in [0.05, 0.1) is 26.4 Å². The van der Waals surface area contributed by atoms with Crippen molar-refractivity contribution < 1.29 is 19.3 Å². The van der Waals surface area contributed by atoms with Crippen LogP contribution in [0.5, 0.6) is 11.5 Å². The number of hydrogen-bond donors (Lipinski definition) is 2. The zero-order valence-electron chi connectivity index (χ0n) is 22.2. The summed E-state index contributed by atoms with van der Waals surface area (Å²) < 4.78 is 18.6. The second kappa shape index (κ2) is 10.9. The number of aromatic nitrogens is 2. The van der Waals surface area contributed by atoms with Gasteiger partial charge in [-0.1, -0.05) is 54.6 Å². The maximum Gasteiger partial charge on any atom is 0.330 e. The Bertz CT molecular complexity index is 1480. The highest BCUT2D eigenvalue weighted by Crippen LogP contribution is 2.47. The molecule has 3 aromatic carbocycles. The molecule has 1 aromatic heterocycles. The van der Waals surface area contributed by atoms with Gasteiger partial charge in [-0.3, -0.25) is 14.3 Å². The van der Waals surface area contributed by atoms with Crippen molar-refractivity contribution in [3.8, 4) is 11.5 Å². The van der Waals surface area contributed by atoms with E-state index in [2.05, 4.69) is 17.1 Å². The third-order valence-corrected chi connectivity index (χ3v) is 7.60. The molecule has 8 nitrogen and oxygen atoms in total. The predicted molar refractivity (Wildman–Crippen MR) is 148 cm³/mol. The minimum absolute atomic E-state index is 0.214. The molecule has 39 heavy (non-hydrogen) atoms. The van der Waals surface area contributed by atoms with Gasteiger partial charge >= 0.3 is 5.69 Å². The van der Waals surface area contributed by atoms with Crippen LogP contribution in [0.1, 0.15) is 41.3 Å². The summed E-state index contributed by atoms with van der Waals surface area (Å²) >= 11 is 0. The molecule has 1 saturated heterocycles. The average molecular weight is 529 g/mol. The van der Waals surface area contributed by atoms with Crippen molar-refractivity contribution in [3.05, 3.63) is 128 Å². The fraction of sp³-hybridized carbons (Fsp3) is 0.290. The standard InChI is InChI=1S/C31H32N2O6/c1-20-19-33(30(36)32-29(20)35)28-17-26(34)27(39-28)18-31(21-7-5-4-6-8-21,22-9-13-24(37-2)14-10-22)23-11-15-25(38-3)16-12-23/h4-16,19,26-28,34H,17-18H2,1-3H3,(H,32,35,36)/t26-,27+,28+/m0/s1. The summed E-state index contributed by atoms with van der Waals surface area (Å²) in [5.41, 5.74) is 1.69. The summed E-state index contributed by atoms with van der Waals surface area (Å²) in [6.07, 6.45) is -0.0740. The number of nitrogens with zero attached hydrogens (tertiary/aromatic N) is 1. The topological polar surface area (TPSA) is 103 Å². The van der Waals surface area contributed by atoms with Crippen LogP contribution in [0.3, 0.4) is 0 Å². The first-order chi connectivity index (χ1) is 18.8. The molecule has 202 valence electrons. The number of benzene rings is 3. The first-order valence-electron chi connectivity index (χ1n) is 12.9. The van der Waals surface area contributed by atoms with Crippen LogP contribution >= 0.6 is 0 Å². The maximum absolute atomic E-state index is 12.6. The van der Waals surface area contributed by atoms with E-state index < -0.39 is 35.1 Å². The van der Waals surface area contributed by atoms with Gasteiger partial charge in [0.1, 0.15) is 17.7 Å². The molecule has 1 aliphatic heterocycles. The highest BCUT2D eigenvalue weighted by atomic mass is 16.5. The summed E-state index contributed by atoms with van der Waals surface area (Å²) in [6, 6.07) is 25.9. The Labute approximate surface area is 226 Å². The quantitative estimate of drug-likeness (QED) is 0.336. The van der Waals surface area contributed by atoms with Gasteiger partial charge in [0.15, 0.2) is 0 Å². The molecular formula is C31H32N2O6. The number of ether oxygens (including phenoxy) is 3. The lowest BCUT2D eigenvalue weighted by Gasteiger charge is -2.38. The van der Waals surface area contributed by atoms with E-state index in [1.807, 2.05) is 66.7 Å². The molecule has 0 bridgehead atoms. The molecule has 0 radical (unpaired) electrons. The van der Waals surface area contributed by atoms with Gasteiger partial charge in [0.2, 0.25) is 0 Å². The Morgan fingerprint density at radius 3 is 1.97 bits per heavy atom. The Balaban J connectivity index is 1.63. The van der Waals surface area contributed by atoms with Crippen molar-refractivity contribution in [3.63, 3.8) is 0 Å². The fourth-order valence-corrected chi connectivity index (χ4v) is 5.50. The number of rotatable bonds is 8. The maximum atomic E-state index is 12.6. The Kier molecular flexibility index (Phi) is 7.41. The van der Waals surface area contributed by atoms with E-state index >= 15 is 0 Å². The summed E-state index contributed by atoms with van der Waals surface area (Å²) in [5, 5.41) is 11.3. The molecule has 0 saturated carbocycles. The number of aryl methyl sites for hydroxylation is 1. The summed E-state index contributed by atoms with van der Waals surface area (Å²) in [5.74, 6) is 1.47. The van der Waals surface area contributed by atoms with Crippen LogP contribution < -0.4 is 20.7 Å². The van der Waals surface area contributed by atoms with Crippen LogP contribution in [0.2, 0.25) is 0 Å². The monoisotopic (exact) mass is 528 g/mol. The van der Waals surface area contributed by atoms with Crippen LogP contribution in [-0.2, 0) is 10.2 Å². The number of nitrogens with one attached hydrogen (secondary N) is 1. The van der Waals surface area contributed by atoms with Gasteiger partial charge < -0.3 is 19.3 Å². The van der Waals surface area contributed by atoms with E-state index in [0.29, 0.717) is 12.0 Å². The SMILES string of the molecule is COc1ccc(C(C[C@H]2O[C@@H](n3cc(C)c(=O)[nH]c3=O)C[C@@H]2O)(c2ccccc2)c2ccc(OC)cc2)cc1. The second-order valence-corrected chi connectivity index (χ2v) is 9.84. The summed E-state index contributed by atoms with van der Waals surface area (Å²) in [6.45, 7) is 1.63. The van der Waals surface area contributed by atoms with Gasteiger partial charge in [-0.2, -0.15) is 0 Å². The highest BCUT2D eigenvalue weighted by molar-refractivity contribution is 5.52. The minimum atomic E-state index is -0.839. The van der Waals surface area contributed by atoms with Crippen LogP contribution in [0.15, 0.2) is 94.6 Å². The van der Waals surface area contributed by atoms with Crippen molar-refractivity contribution in [2.45, 2.75) is 43.6 Å². The normalized spacial score (nSPS) is 19.1. The average Bonchev–Trinajstić information content (AvgIpc) is 3.33. The van der Waals surface area contributed by atoms with E-state index in [4.69, 9.17) is 14.2 Å². The molecule has 8 heteroatoms. The number of hydrogen-bond acceptors (Lipinski definition) is 6. The lowest BCUT2D eigenvalue weighted by molar-refractivity contribution is -0.0302. The van der Waals surface area contributed by atoms with Crippen molar-refractivity contribution in [1.29, 1.82) is 0 Å². The molecule has 1 aliphatic rings. The van der Waals surface area contributed by atoms with Crippen molar-refractivity contribution >= 4 is 0 Å². The number of H-pyrrole nitrogens is 1. The van der Waals surface area contributed by atoms with E-state index in [9.17, 15) is 14.7 Å². The Morgan fingerprint density at radius 1 is 0.897 bits per heavy atom. The van der Waals surface area contributed by atoms with Crippen molar-refractivity contribution in [2.24, 2.45) is 0 Å². The first kappa shape index (κ1) is 26.5. The van der Waals surface area contributed by atoms with Crippen LogP contribution in [0.25, 0.3) is 0 Å². The minimum Gasteiger partial charge on any atom is -0.497 e. The molecule has 0 unspecified atom stereocenters. The molecule has 2 N–H and O–H groups in total. The van der Waals surface area contributed by atoms with E-state index in [1.54, 1.807) is 21.1 Å². The Morgan fingerprint density at radius 2 is 1.44 bits per heavy atom. The second-order valence-electron chi connectivity index (χ2n) is 9.84. The lowest BCUT2D eigenvalue weighted by Crippen LogP contribution is -2.37. The Hall–Kier alpha value is -4.14. The van der Waals surface area contributed by atoms with Gasteiger partial charge in [-0.05, 0) is 54.3 Å². The molecule has 5 rings (SSSR count). The van der Waals surface area contributed by atoms with Crippen molar-refractivity contribution in [2.75, 3.05) is 14.2 Å². The first-order valence-corrected chi connectivity index (χ1v) is 12.9. The molecule has 0 amide bonds. The van der Waals surface area contributed by atoms with Crippen molar-refractivity contribution in [1.82, 2.24) is 9.55 Å². The summed E-state index contributed by atoms with van der Waals surface area (Å²) in [4.78, 5) is 26.8. The van der Waals surface area contributed by atoms with E-state index in [1.165, 1.54) is 10.8 Å². The lowest BCUT2D eigenvalue weighted by atomic mass is 9.66. The van der Waals surface area contributed by atoms with Gasteiger partial charge in [0.25, 0.3) is 5.56 Å². The third-order valence-electron chi connectivity index (χ3n) is 7.60. The smallest absolute Gasteiger partial charge is 0.330 e. The molecule has 4 aromatic rings. The van der Waals surface area contributed by atoms with Crippen LogP contribution in [0, 0.1) is 6.92 Å². The van der Waals surface area contributed by atoms with Gasteiger partial charge in [-0.25, -0.2) is 4.79 Å². The molecule has 3 atom stereocenters. The number of aliphatic hydroxyl groups excluding tert-OH is 1. The third kappa shape index (κ3) is 5.01. The number of aliphatic hydroxyl groups is 1. The van der Waals surface area contributed by atoms with Gasteiger partial charge in [0, 0.05) is 23.6 Å². The van der Waals surface area contributed by atoms with Crippen LogP contribution in [-0.4, -0.2) is 41.1 Å². The zero-order valence-corrected chi connectivity index (χ0v) is 22.2.